The van der Waals surface area contributed by atoms with Crippen molar-refractivity contribution in [1.82, 2.24) is 15.5 Å². The van der Waals surface area contributed by atoms with Crippen LogP contribution in [0.5, 0.6) is 0 Å². The fourth-order valence-corrected chi connectivity index (χ4v) is 2.00. The molecule has 2 rings (SSSR count). The summed E-state index contributed by atoms with van der Waals surface area (Å²) in [5.41, 5.74) is 0.109. The first-order valence-corrected chi connectivity index (χ1v) is 6.23. The predicted molar refractivity (Wildman–Crippen MR) is 82.5 cm³/mol. The summed E-state index contributed by atoms with van der Waals surface area (Å²) in [6.45, 7) is 5.32. The zero-order chi connectivity index (χ0) is 12.8. The molecule has 1 amide bonds. The first-order valence-electron chi connectivity index (χ1n) is 6.23. The molecule has 2 N–H and O–H groups in total. The zero-order valence-corrected chi connectivity index (χ0v) is 12.7. The highest BCUT2D eigenvalue weighted by Crippen LogP contribution is 2.05. The Bertz CT molecular complexity index is 414. The highest BCUT2D eigenvalue weighted by molar-refractivity contribution is 5.94. The SMILES string of the molecule is Cl.Cl.O=C(NCCN1CCNCC1)c1ccccc1F. The van der Waals surface area contributed by atoms with Crippen LogP contribution in [0.4, 0.5) is 4.39 Å². The molecule has 7 heteroatoms. The summed E-state index contributed by atoms with van der Waals surface area (Å²) in [6.07, 6.45) is 0. The summed E-state index contributed by atoms with van der Waals surface area (Å²) >= 11 is 0. The van der Waals surface area contributed by atoms with Crippen LogP contribution in [-0.2, 0) is 0 Å². The van der Waals surface area contributed by atoms with Gasteiger partial charge in [-0.25, -0.2) is 4.39 Å². The molecule has 0 unspecified atom stereocenters. The number of nitrogens with zero attached hydrogens (tertiary/aromatic N) is 1. The number of nitrogens with one attached hydrogen (secondary N) is 2. The normalized spacial score (nSPS) is 14.8. The van der Waals surface area contributed by atoms with E-state index in [2.05, 4.69) is 15.5 Å². The van der Waals surface area contributed by atoms with Gasteiger partial charge in [-0.1, -0.05) is 12.1 Å². The van der Waals surface area contributed by atoms with Crippen molar-refractivity contribution < 1.29 is 9.18 Å². The van der Waals surface area contributed by atoms with E-state index in [9.17, 15) is 9.18 Å². The van der Waals surface area contributed by atoms with Gasteiger partial charge in [0.05, 0.1) is 5.56 Å². The average Bonchev–Trinajstić information content (AvgIpc) is 2.40. The number of hydrogen-bond donors (Lipinski definition) is 2. The molecule has 0 saturated carbocycles. The van der Waals surface area contributed by atoms with Gasteiger partial charge < -0.3 is 10.6 Å². The van der Waals surface area contributed by atoms with Crippen LogP contribution in [0.2, 0.25) is 0 Å². The number of hydrogen-bond acceptors (Lipinski definition) is 3. The van der Waals surface area contributed by atoms with Gasteiger partial charge in [0, 0.05) is 39.3 Å². The number of amides is 1. The lowest BCUT2D eigenvalue weighted by molar-refractivity contribution is 0.0943. The molecule has 0 radical (unpaired) electrons. The van der Waals surface area contributed by atoms with Gasteiger partial charge in [-0.2, -0.15) is 0 Å². The molecule has 0 spiro atoms. The molecule has 1 aliphatic rings. The molecule has 0 bridgehead atoms. The molecule has 0 aliphatic carbocycles. The Hall–Kier alpha value is -0.880. The number of carbonyl (C=O) groups is 1. The van der Waals surface area contributed by atoms with Crippen LogP contribution in [-0.4, -0.2) is 50.1 Å². The maximum Gasteiger partial charge on any atom is 0.254 e. The van der Waals surface area contributed by atoms with Gasteiger partial charge >= 0.3 is 0 Å². The molecule has 1 aromatic rings. The van der Waals surface area contributed by atoms with Crippen molar-refractivity contribution in [2.24, 2.45) is 0 Å². The van der Waals surface area contributed by atoms with Crippen molar-refractivity contribution in [3.63, 3.8) is 0 Å². The van der Waals surface area contributed by atoms with Gasteiger partial charge in [-0.15, -0.1) is 24.8 Å². The second kappa shape index (κ2) is 9.94. The van der Waals surface area contributed by atoms with Crippen LogP contribution in [0.15, 0.2) is 24.3 Å². The average molecular weight is 324 g/mol. The molecular weight excluding hydrogens is 304 g/mol. The van der Waals surface area contributed by atoms with Crippen LogP contribution >= 0.6 is 24.8 Å². The van der Waals surface area contributed by atoms with Crippen LogP contribution in [0, 0.1) is 5.82 Å². The van der Waals surface area contributed by atoms with Crippen molar-refractivity contribution in [3.8, 4) is 0 Å². The van der Waals surface area contributed by atoms with E-state index in [1.807, 2.05) is 0 Å². The first kappa shape index (κ1) is 19.1. The van der Waals surface area contributed by atoms with Gasteiger partial charge in [0.25, 0.3) is 5.91 Å². The van der Waals surface area contributed by atoms with E-state index in [-0.39, 0.29) is 36.3 Å². The Balaban J connectivity index is 0.00000180. The zero-order valence-electron chi connectivity index (χ0n) is 11.1. The number of halogens is 3. The van der Waals surface area contributed by atoms with Crippen LogP contribution in [0.3, 0.4) is 0 Å². The number of carbonyl (C=O) groups excluding carboxylic acids is 1. The Morgan fingerprint density at radius 3 is 2.55 bits per heavy atom. The molecule has 1 fully saturated rings. The third-order valence-electron chi connectivity index (χ3n) is 3.04. The van der Waals surface area contributed by atoms with Crippen molar-refractivity contribution in [1.29, 1.82) is 0 Å². The standard InChI is InChI=1S/C13H18FN3O.2ClH/c14-12-4-2-1-3-11(12)13(18)16-7-10-17-8-5-15-6-9-17;;/h1-4,15H,5-10H2,(H,16,18);2*1H. The molecular formula is C13H20Cl2FN3O. The van der Waals surface area contributed by atoms with Crippen molar-refractivity contribution in [3.05, 3.63) is 35.6 Å². The van der Waals surface area contributed by atoms with Gasteiger partial charge in [0.15, 0.2) is 0 Å². The van der Waals surface area contributed by atoms with Crippen molar-refractivity contribution >= 4 is 30.7 Å². The molecule has 1 aliphatic heterocycles. The summed E-state index contributed by atoms with van der Waals surface area (Å²) in [7, 11) is 0. The summed E-state index contributed by atoms with van der Waals surface area (Å²) in [5, 5.41) is 6.01. The smallest absolute Gasteiger partial charge is 0.254 e. The second-order valence-electron chi connectivity index (χ2n) is 4.33. The van der Waals surface area contributed by atoms with Gasteiger partial charge in [-0.3, -0.25) is 9.69 Å². The molecule has 1 aromatic carbocycles. The van der Waals surface area contributed by atoms with Gasteiger partial charge in [-0.05, 0) is 12.1 Å². The lowest BCUT2D eigenvalue weighted by Crippen LogP contribution is -2.46. The van der Waals surface area contributed by atoms with Crippen LogP contribution in [0.25, 0.3) is 0 Å². The maximum atomic E-state index is 13.3. The van der Waals surface area contributed by atoms with E-state index < -0.39 is 5.82 Å². The first-order chi connectivity index (χ1) is 8.77. The fraction of sp³-hybridized carbons (Fsp3) is 0.462. The van der Waals surface area contributed by atoms with Gasteiger partial charge in [0.2, 0.25) is 0 Å². The largest absolute Gasteiger partial charge is 0.351 e. The third kappa shape index (κ3) is 5.63. The molecule has 1 heterocycles. The lowest BCUT2D eigenvalue weighted by atomic mass is 10.2. The topological polar surface area (TPSA) is 44.4 Å². The highest BCUT2D eigenvalue weighted by Gasteiger charge is 2.12. The van der Waals surface area contributed by atoms with Crippen molar-refractivity contribution in [2.45, 2.75) is 0 Å². The maximum absolute atomic E-state index is 13.3. The Morgan fingerprint density at radius 2 is 1.90 bits per heavy atom. The number of benzene rings is 1. The molecule has 4 nitrogen and oxygen atoms in total. The summed E-state index contributed by atoms with van der Waals surface area (Å²) in [5.74, 6) is -0.819. The molecule has 0 aromatic heterocycles. The minimum absolute atomic E-state index is 0. The minimum Gasteiger partial charge on any atom is -0.351 e. The molecule has 20 heavy (non-hydrogen) atoms. The van der Waals surface area contributed by atoms with Crippen LogP contribution in [0.1, 0.15) is 10.4 Å². The minimum atomic E-state index is -0.475. The lowest BCUT2D eigenvalue weighted by Gasteiger charge is -2.27. The highest BCUT2D eigenvalue weighted by atomic mass is 35.5. The Morgan fingerprint density at radius 1 is 1.25 bits per heavy atom. The summed E-state index contributed by atoms with van der Waals surface area (Å²) in [6, 6.07) is 6.03. The molecule has 0 atom stereocenters. The van der Waals surface area contributed by atoms with E-state index in [1.165, 1.54) is 12.1 Å². The number of rotatable bonds is 4. The summed E-state index contributed by atoms with van der Waals surface area (Å²) in [4.78, 5) is 14.0. The summed E-state index contributed by atoms with van der Waals surface area (Å²) < 4.78 is 13.3. The molecule has 1 saturated heterocycles. The van der Waals surface area contributed by atoms with Crippen LogP contribution < -0.4 is 10.6 Å². The van der Waals surface area contributed by atoms with E-state index in [0.29, 0.717) is 6.54 Å². The predicted octanol–water partition coefficient (Wildman–Crippen LogP) is 1.30. The monoisotopic (exact) mass is 323 g/mol. The van der Waals surface area contributed by atoms with E-state index in [1.54, 1.807) is 12.1 Å². The van der Waals surface area contributed by atoms with Gasteiger partial charge in [0.1, 0.15) is 5.82 Å². The number of piperazine rings is 1. The van der Waals surface area contributed by atoms with E-state index in [0.717, 1.165) is 32.7 Å². The quantitative estimate of drug-likeness (QED) is 0.878. The van der Waals surface area contributed by atoms with Crippen molar-refractivity contribution in [2.75, 3.05) is 39.3 Å². The Kier molecular flexibility index (Phi) is 9.50. The third-order valence-corrected chi connectivity index (χ3v) is 3.04. The van der Waals surface area contributed by atoms with E-state index >= 15 is 0 Å². The van der Waals surface area contributed by atoms with E-state index in [4.69, 9.17) is 0 Å². The fourth-order valence-electron chi connectivity index (χ4n) is 2.00. The Labute approximate surface area is 130 Å². The molecule has 114 valence electrons. The second-order valence-corrected chi connectivity index (χ2v) is 4.33.